The van der Waals surface area contributed by atoms with Gasteiger partial charge in [0.25, 0.3) is 0 Å². The molecule has 98 valence electrons. The molecule has 0 bridgehead atoms. The van der Waals surface area contributed by atoms with Gasteiger partial charge in [-0.15, -0.1) is 0 Å². The van der Waals surface area contributed by atoms with Gasteiger partial charge in [0.1, 0.15) is 6.61 Å². The number of hydrogen-bond acceptors (Lipinski definition) is 3. The highest BCUT2D eigenvalue weighted by atomic mass is 16.5. The zero-order valence-electron chi connectivity index (χ0n) is 11.0. The van der Waals surface area contributed by atoms with Crippen molar-refractivity contribution in [3.8, 4) is 0 Å². The van der Waals surface area contributed by atoms with Gasteiger partial charge in [-0.1, -0.05) is 32.3 Å². The molecule has 1 N–H and O–H groups in total. The molecule has 0 atom stereocenters. The first-order valence-electron chi connectivity index (χ1n) is 6.85. The van der Waals surface area contributed by atoms with E-state index in [1.54, 1.807) is 0 Å². The van der Waals surface area contributed by atoms with E-state index in [-0.39, 0.29) is 5.97 Å². The number of aryl methyl sites for hydroxylation is 1. The molecular formula is C15H21NO2. The number of carbonyl (C=O) groups is 1. The standard InChI is InChI=1S/C15H21NO2/c1-2-3-4-5-6-12-7-8-14-13(11-12)15(17)18-10-9-16-14/h7-8,11,16H,2-6,9-10H2,1H3. The van der Waals surface area contributed by atoms with Crippen LogP contribution in [0.5, 0.6) is 0 Å². The molecule has 0 saturated carbocycles. The molecule has 0 amide bonds. The van der Waals surface area contributed by atoms with Crippen LogP contribution in [0.15, 0.2) is 18.2 Å². The van der Waals surface area contributed by atoms with Gasteiger partial charge in [0, 0.05) is 12.2 Å². The summed E-state index contributed by atoms with van der Waals surface area (Å²) < 4.78 is 5.13. The van der Waals surface area contributed by atoms with Crippen LogP contribution in [0.4, 0.5) is 5.69 Å². The van der Waals surface area contributed by atoms with E-state index in [1.807, 2.05) is 12.1 Å². The minimum atomic E-state index is -0.203. The van der Waals surface area contributed by atoms with Crippen molar-refractivity contribution >= 4 is 11.7 Å². The molecule has 2 rings (SSSR count). The molecule has 1 aromatic rings. The fourth-order valence-corrected chi connectivity index (χ4v) is 2.23. The summed E-state index contributed by atoms with van der Waals surface area (Å²) in [5.41, 5.74) is 2.81. The summed E-state index contributed by atoms with van der Waals surface area (Å²) in [5, 5.41) is 3.21. The number of unbranched alkanes of at least 4 members (excludes halogenated alkanes) is 3. The average Bonchev–Trinajstić information content (AvgIpc) is 2.57. The van der Waals surface area contributed by atoms with Gasteiger partial charge in [-0.05, 0) is 30.5 Å². The second-order valence-corrected chi connectivity index (χ2v) is 4.75. The zero-order valence-corrected chi connectivity index (χ0v) is 11.0. The second kappa shape index (κ2) is 6.43. The van der Waals surface area contributed by atoms with E-state index in [9.17, 15) is 4.79 Å². The van der Waals surface area contributed by atoms with Crippen molar-refractivity contribution in [1.82, 2.24) is 0 Å². The number of hydrogen-bond donors (Lipinski definition) is 1. The topological polar surface area (TPSA) is 38.3 Å². The maximum atomic E-state index is 11.8. The fourth-order valence-electron chi connectivity index (χ4n) is 2.23. The molecule has 1 aromatic carbocycles. The summed E-state index contributed by atoms with van der Waals surface area (Å²) in [5.74, 6) is -0.203. The Labute approximate surface area is 109 Å². The molecule has 3 heteroatoms. The summed E-state index contributed by atoms with van der Waals surface area (Å²) in [6.45, 7) is 3.35. The molecule has 0 aromatic heterocycles. The lowest BCUT2D eigenvalue weighted by molar-refractivity contribution is 0.0529. The minimum Gasteiger partial charge on any atom is -0.460 e. The molecule has 1 aliphatic heterocycles. The molecule has 3 nitrogen and oxygen atoms in total. The summed E-state index contributed by atoms with van der Waals surface area (Å²) in [6, 6.07) is 6.08. The van der Waals surface area contributed by atoms with Crippen molar-refractivity contribution in [2.24, 2.45) is 0 Å². The number of benzene rings is 1. The van der Waals surface area contributed by atoms with Crippen LogP contribution < -0.4 is 5.32 Å². The maximum absolute atomic E-state index is 11.8. The highest BCUT2D eigenvalue weighted by Crippen LogP contribution is 2.21. The van der Waals surface area contributed by atoms with Crippen molar-refractivity contribution in [3.63, 3.8) is 0 Å². The highest BCUT2D eigenvalue weighted by molar-refractivity contribution is 5.96. The number of fused-ring (bicyclic) bond motifs is 1. The first-order valence-corrected chi connectivity index (χ1v) is 6.85. The number of esters is 1. The highest BCUT2D eigenvalue weighted by Gasteiger charge is 2.16. The zero-order chi connectivity index (χ0) is 12.8. The Morgan fingerprint density at radius 2 is 2.17 bits per heavy atom. The third-order valence-electron chi connectivity index (χ3n) is 3.27. The molecule has 0 saturated heterocycles. The van der Waals surface area contributed by atoms with Gasteiger partial charge in [-0.3, -0.25) is 0 Å². The minimum absolute atomic E-state index is 0.203. The van der Waals surface area contributed by atoms with E-state index in [0.29, 0.717) is 18.7 Å². The molecule has 0 aliphatic carbocycles. The lowest BCUT2D eigenvalue weighted by Gasteiger charge is -2.08. The SMILES string of the molecule is CCCCCCc1ccc2c(c1)C(=O)OCCN2. The number of ether oxygens (including phenoxy) is 1. The smallest absolute Gasteiger partial charge is 0.340 e. The predicted molar refractivity (Wildman–Crippen MR) is 73.1 cm³/mol. The summed E-state index contributed by atoms with van der Waals surface area (Å²) in [4.78, 5) is 11.8. The van der Waals surface area contributed by atoms with Gasteiger partial charge < -0.3 is 10.1 Å². The van der Waals surface area contributed by atoms with E-state index in [4.69, 9.17) is 4.74 Å². The van der Waals surface area contributed by atoms with Crippen molar-refractivity contribution in [3.05, 3.63) is 29.3 Å². The number of nitrogens with one attached hydrogen (secondary N) is 1. The Balaban J connectivity index is 2.03. The third-order valence-corrected chi connectivity index (χ3v) is 3.27. The van der Waals surface area contributed by atoms with Gasteiger partial charge in [-0.25, -0.2) is 4.79 Å². The van der Waals surface area contributed by atoms with Crippen molar-refractivity contribution < 1.29 is 9.53 Å². The second-order valence-electron chi connectivity index (χ2n) is 4.75. The number of cyclic esters (lactones) is 1. The Kier molecular flexibility index (Phi) is 4.62. The molecule has 0 radical (unpaired) electrons. The quantitative estimate of drug-likeness (QED) is 0.640. The fraction of sp³-hybridized carbons (Fsp3) is 0.533. The Morgan fingerprint density at radius 1 is 1.28 bits per heavy atom. The van der Waals surface area contributed by atoms with Crippen LogP contribution in [0, 0.1) is 0 Å². The van der Waals surface area contributed by atoms with E-state index in [2.05, 4.69) is 18.3 Å². The molecule has 1 heterocycles. The largest absolute Gasteiger partial charge is 0.460 e. The summed E-state index contributed by atoms with van der Waals surface area (Å²) in [6.07, 6.45) is 6.03. The van der Waals surface area contributed by atoms with Crippen LogP contribution in [-0.4, -0.2) is 19.1 Å². The predicted octanol–water partition coefficient (Wildman–Crippen LogP) is 3.39. The Morgan fingerprint density at radius 3 is 3.00 bits per heavy atom. The Bertz CT molecular complexity index is 415. The maximum Gasteiger partial charge on any atom is 0.340 e. The number of carbonyl (C=O) groups excluding carboxylic acids is 1. The van der Waals surface area contributed by atoms with Crippen LogP contribution in [0.1, 0.15) is 48.5 Å². The van der Waals surface area contributed by atoms with Gasteiger partial charge >= 0.3 is 5.97 Å². The summed E-state index contributed by atoms with van der Waals surface area (Å²) in [7, 11) is 0. The lowest BCUT2D eigenvalue weighted by atomic mass is 10.0. The molecule has 0 fully saturated rings. The van der Waals surface area contributed by atoms with E-state index in [1.165, 1.54) is 31.2 Å². The van der Waals surface area contributed by atoms with Crippen LogP contribution in [-0.2, 0) is 11.2 Å². The van der Waals surface area contributed by atoms with E-state index < -0.39 is 0 Å². The van der Waals surface area contributed by atoms with Crippen LogP contribution in [0.3, 0.4) is 0 Å². The molecule has 1 aliphatic rings. The van der Waals surface area contributed by atoms with Crippen molar-refractivity contribution in [1.29, 1.82) is 0 Å². The lowest BCUT2D eigenvalue weighted by Crippen LogP contribution is -2.06. The van der Waals surface area contributed by atoms with Crippen LogP contribution in [0.2, 0.25) is 0 Å². The van der Waals surface area contributed by atoms with Gasteiger partial charge in [0.2, 0.25) is 0 Å². The van der Waals surface area contributed by atoms with Crippen molar-refractivity contribution in [2.75, 3.05) is 18.5 Å². The normalized spacial score (nSPS) is 14.4. The molecular weight excluding hydrogens is 226 g/mol. The number of rotatable bonds is 5. The first-order chi connectivity index (χ1) is 8.81. The monoisotopic (exact) mass is 247 g/mol. The first kappa shape index (κ1) is 12.9. The molecule has 0 unspecified atom stereocenters. The van der Waals surface area contributed by atoms with Gasteiger partial charge in [-0.2, -0.15) is 0 Å². The molecule has 0 spiro atoms. The molecule has 18 heavy (non-hydrogen) atoms. The van der Waals surface area contributed by atoms with Crippen LogP contribution in [0.25, 0.3) is 0 Å². The third kappa shape index (κ3) is 3.25. The number of anilines is 1. The van der Waals surface area contributed by atoms with Gasteiger partial charge in [0.15, 0.2) is 0 Å². The van der Waals surface area contributed by atoms with E-state index in [0.717, 1.165) is 12.1 Å². The summed E-state index contributed by atoms with van der Waals surface area (Å²) >= 11 is 0. The van der Waals surface area contributed by atoms with Gasteiger partial charge in [0.05, 0.1) is 5.56 Å². The van der Waals surface area contributed by atoms with Crippen LogP contribution >= 0.6 is 0 Å². The Hall–Kier alpha value is -1.51. The van der Waals surface area contributed by atoms with Crippen molar-refractivity contribution in [2.45, 2.75) is 39.0 Å². The van der Waals surface area contributed by atoms with E-state index >= 15 is 0 Å². The average molecular weight is 247 g/mol.